The Balaban J connectivity index is 2.54. The van der Waals surface area contributed by atoms with Gasteiger partial charge in [0.1, 0.15) is 18.4 Å². The Kier molecular flexibility index (Phi) is 3.25. The fourth-order valence-electron chi connectivity index (χ4n) is 1.17. The van der Waals surface area contributed by atoms with Gasteiger partial charge in [0.05, 0.1) is 0 Å². The maximum absolute atomic E-state index is 10.3. The van der Waals surface area contributed by atoms with Crippen LogP contribution >= 0.6 is 0 Å². The lowest BCUT2D eigenvalue weighted by molar-refractivity contribution is -0.711. The van der Waals surface area contributed by atoms with Crippen molar-refractivity contribution in [1.82, 2.24) is 4.98 Å². The molecule has 1 aromatic rings. The van der Waals surface area contributed by atoms with Gasteiger partial charge in [0.2, 0.25) is 6.33 Å². The van der Waals surface area contributed by atoms with Gasteiger partial charge < -0.3 is 5.11 Å². The first-order valence-electron chi connectivity index (χ1n) is 4.12. The predicted molar refractivity (Wildman–Crippen MR) is 47.1 cm³/mol. The minimum atomic E-state index is -0.775. The number of hydrogen-bond acceptors (Lipinski definition) is 1. The van der Waals surface area contributed by atoms with E-state index in [1.54, 1.807) is 18.6 Å². The molecule has 0 aliphatic carbocycles. The molecule has 0 radical (unpaired) electrons. The van der Waals surface area contributed by atoms with E-state index in [-0.39, 0.29) is 12.5 Å². The lowest BCUT2D eigenvalue weighted by Crippen LogP contribution is -2.35. The Morgan fingerprint density at radius 3 is 3.00 bits per heavy atom. The van der Waals surface area contributed by atoms with E-state index in [4.69, 9.17) is 5.11 Å². The van der Waals surface area contributed by atoms with E-state index in [0.29, 0.717) is 6.42 Å². The van der Waals surface area contributed by atoms with E-state index in [1.807, 2.05) is 10.8 Å². The van der Waals surface area contributed by atoms with Crippen molar-refractivity contribution >= 4 is 5.97 Å². The van der Waals surface area contributed by atoms with Crippen LogP contribution in [0.1, 0.15) is 18.9 Å². The van der Waals surface area contributed by atoms with Crippen LogP contribution in [-0.4, -0.2) is 16.1 Å². The molecule has 1 heterocycles. The first-order chi connectivity index (χ1) is 6.24. The molecule has 1 aromatic heterocycles. The van der Waals surface area contributed by atoms with Crippen molar-refractivity contribution in [2.45, 2.75) is 18.9 Å². The lowest BCUT2D eigenvalue weighted by Gasteiger charge is -2.05. The second kappa shape index (κ2) is 4.45. The second-order valence-corrected chi connectivity index (χ2v) is 2.79. The first-order valence-corrected chi connectivity index (χ1v) is 4.12. The number of carboxylic acids is 1. The standard InChI is InChI=1S/C9H12N2O2/c1-2-8(3-4-9(12)13)11-6-5-10-7-11/h2,5-8H,1,3-4H2,(H,12,13)/p+1. The van der Waals surface area contributed by atoms with E-state index in [9.17, 15) is 4.79 Å². The number of H-pyrrole nitrogens is 1. The average Bonchev–Trinajstić information content (AvgIpc) is 2.58. The molecule has 0 aliphatic heterocycles. The molecule has 0 aromatic carbocycles. The summed E-state index contributed by atoms with van der Waals surface area (Å²) in [6, 6.07) is 0.0577. The minimum Gasteiger partial charge on any atom is -0.481 e. The number of imidazole rings is 1. The second-order valence-electron chi connectivity index (χ2n) is 2.79. The van der Waals surface area contributed by atoms with Crippen molar-refractivity contribution in [2.24, 2.45) is 0 Å². The highest BCUT2D eigenvalue weighted by molar-refractivity contribution is 5.66. The van der Waals surface area contributed by atoms with Crippen molar-refractivity contribution in [2.75, 3.05) is 0 Å². The molecule has 1 rings (SSSR count). The highest BCUT2D eigenvalue weighted by atomic mass is 16.4. The van der Waals surface area contributed by atoms with Gasteiger partial charge in [-0.15, -0.1) is 0 Å². The normalized spacial score (nSPS) is 12.3. The van der Waals surface area contributed by atoms with Gasteiger partial charge in [-0.2, -0.15) is 0 Å². The molecule has 4 nitrogen and oxygen atoms in total. The molecule has 13 heavy (non-hydrogen) atoms. The third-order valence-electron chi connectivity index (χ3n) is 1.88. The molecule has 0 saturated heterocycles. The van der Waals surface area contributed by atoms with Crippen LogP contribution in [0.15, 0.2) is 31.4 Å². The quantitative estimate of drug-likeness (QED) is 0.523. The van der Waals surface area contributed by atoms with Crippen LogP contribution in [0.2, 0.25) is 0 Å². The fraction of sp³-hybridized carbons (Fsp3) is 0.333. The molecule has 0 bridgehead atoms. The van der Waals surface area contributed by atoms with Crippen LogP contribution in [0, 0.1) is 0 Å². The van der Waals surface area contributed by atoms with E-state index >= 15 is 0 Å². The topological polar surface area (TPSA) is 57.0 Å². The lowest BCUT2D eigenvalue weighted by atomic mass is 10.1. The summed E-state index contributed by atoms with van der Waals surface area (Å²) >= 11 is 0. The monoisotopic (exact) mass is 181 g/mol. The van der Waals surface area contributed by atoms with Crippen LogP contribution < -0.4 is 4.57 Å². The third-order valence-corrected chi connectivity index (χ3v) is 1.88. The van der Waals surface area contributed by atoms with Gasteiger partial charge in [-0.25, -0.2) is 4.57 Å². The van der Waals surface area contributed by atoms with E-state index in [2.05, 4.69) is 11.6 Å². The summed E-state index contributed by atoms with van der Waals surface area (Å²) in [6.07, 6.45) is 7.91. The van der Waals surface area contributed by atoms with Gasteiger partial charge in [0, 0.05) is 12.8 Å². The molecule has 4 heteroatoms. The molecule has 0 spiro atoms. The molecular formula is C9H13N2O2+. The van der Waals surface area contributed by atoms with Gasteiger partial charge in [-0.05, 0) is 6.08 Å². The zero-order valence-corrected chi connectivity index (χ0v) is 7.31. The van der Waals surface area contributed by atoms with E-state index in [0.717, 1.165) is 0 Å². The van der Waals surface area contributed by atoms with Crippen molar-refractivity contribution in [3.05, 3.63) is 31.4 Å². The Hall–Kier alpha value is -1.58. The van der Waals surface area contributed by atoms with Crippen molar-refractivity contribution in [3.8, 4) is 0 Å². The van der Waals surface area contributed by atoms with Gasteiger partial charge in [0.15, 0.2) is 0 Å². The maximum Gasteiger partial charge on any atom is 0.303 e. The van der Waals surface area contributed by atoms with E-state index < -0.39 is 5.97 Å². The number of hydrogen-bond donors (Lipinski definition) is 2. The van der Waals surface area contributed by atoms with Gasteiger partial charge in [-0.3, -0.25) is 9.78 Å². The van der Waals surface area contributed by atoms with Crippen LogP contribution in [0.5, 0.6) is 0 Å². The third kappa shape index (κ3) is 2.74. The molecule has 0 amide bonds. The number of carboxylic acid groups (broad SMARTS) is 1. The van der Waals surface area contributed by atoms with Crippen LogP contribution in [0.4, 0.5) is 0 Å². The van der Waals surface area contributed by atoms with Gasteiger partial charge >= 0.3 is 5.97 Å². The number of allylic oxidation sites excluding steroid dienone is 1. The SMILES string of the molecule is C=CC(CCC(=O)O)[n+]1cc[nH]c1. The minimum absolute atomic E-state index is 0.0577. The Morgan fingerprint density at radius 1 is 1.77 bits per heavy atom. The summed E-state index contributed by atoms with van der Waals surface area (Å²) in [7, 11) is 0. The average molecular weight is 181 g/mol. The molecule has 2 N–H and O–H groups in total. The summed E-state index contributed by atoms with van der Waals surface area (Å²) in [4.78, 5) is 13.2. The number of aromatic amines is 1. The summed E-state index contributed by atoms with van der Waals surface area (Å²) in [5, 5.41) is 8.50. The number of aromatic nitrogens is 2. The molecule has 0 fully saturated rings. The van der Waals surface area contributed by atoms with E-state index in [1.165, 1.54) is 0 Å². The zero-order chi connectivity index (χ0) is 9.68. The van der Waals surface area contributed by atoms with Crippen LogP contribution in [-0.2, 0) is 4.79 Å². The van der Waals surface area contributed by atoms with Crippen LogP contribution in [0.25, 0.3) is 0 Å². The van der Waals surface area contributed by atoms with Crippen molar-refractivity contribution in [3.63, 3.8) is 0 Å². The zero-order valence-electron chi connectivity index (χ0n) is 7.31. The van der Waals surface area contributed by atoms with Crippen LogP contribution in [0.3, 0.4) is 0 Å². The number of rotatable bonds is 5. The van der Waals surface area contributed by atoms with Crippen molar-refractivity contribution in [1.29, 1.82) is 0 Å². The van der Waals surface area contributed by atoms with Gasteiger partial charge in [-0.1, -0.05) is 6.58 Å². The summed E-state index contributed by atoms with van der Waals surface area (Å²) in [6.45, 7) is 3.67. The number of carbonyl (C=O) groups is 1. The molecule has 1 atom stereocenters. The Bertz CT molecular complexity index is 280. The maximum atomic E-state index is 10.3. The Morgan fingerprint density at radius 2 is 2.54 bits per heavy atom. The van der Waals surface area contributed by atoms with Crippen molar-refractivity contribution < 1.29 is 14.5 Å². The fourth-order valence-corrected chi connectivity index (χ4v) is 1.17. The highest BCUT2D eigenvalue weighted by Gasteiger charge is 2.12. The molecule has 70 valence electrons. The smallest absolute Gasteiger partial charge is 0.303 e. The summed E-state index contributed by atoms with van der Waals surface area (Å²) in [5.41, 5.74) is 0. The number of nitrogens with zero attached hydrogens (tertiary/aromatic N) is 1. The number of nitrogens with one attached hydrogen (secondary N) is 1. The largest absolute Gasteiger partial charge is 0.481 e. The highest BCUT2D eigenvalue weighted by Crippen LogP contribution is 2.06. The first kappa shape index (κ1) is 9.51. The molecule has 1 unspecified atom stereocenters. The summed E-state index contributed by atoms with van der Waals surface area (Å²) in [5.74, 6) is -0.775. The predicted octanol–water partition coefficient (Wildman–Crippen LogP) is 0.894. The van der Waals surface area contributed by atoms with Gasteiger partial charge in [0.25, 0.3) is 0 Å². The number of aliphatic carboxylic acids is 1. The Labute approximate surface area is 76.5 Å². The molecule has 0 aliphatic rings. The summed E-state index contributed by atoms with van der Waals surface area (Å²) < 4.78 is 1.90. The molecular weight excluding hydrogens is 168 g/mol. The molecule has 0 saturated carbocycles.